The Labute approximate surface area is 184 Å². The molecule has 1 unspecified atom stereocenters. The number of aldehydes is 1. The molecule has 6 rings (SSSR count). The molecule has 0 amide bonds. The lowest BCUT2D eigenvalue weighted by molar-refractivity contribution is -0.112. The van der Waals surface area contributed by atoms with E-state index in [1.54, 1.807) is 6.33 Å². The first-order valence-corrected chi connectivity index (χ1v) is 10.8. The molecule has 10 heteroatoms. The number of aromatic nitrogens is 7. The van der Waals surface area contributed by atoms with Crippen molar-refractivity contribution in [1.29, 1.82) is 0 Å². The summed E-state index contributed by atoms with van der Waals surface area (Å²) in [6.45, 7) is 3.45. The number of benzene rings is 1. The second-order valence-corrected chi connectivity index (χ2v) is 8.77. The molecule has 2 fully saturated rings. The van der Waals surface area contributed by atoms with Crippen LogP contribution in [0.5, 0.6) is 0 Å². The number of H-pyrrole nitrogens is 2. The highest BCUT2D eigenvalue weighted by molar-refractivity contribution is 5.87. The van der Waals surface area contributed by atoms with E-state index in [1.807, 2.05) is 36.5 Å². The van der Waals surface area contributed by atoms with Crippen LogP contribution >= 0.6 is 0 Å². The zero-order valence-corrected chi connectivity index (χ0v) is 17.5. The van der Waals surface area contributed by atoms with Crippen molar-refractivity contribution in [3.63, 3.8) is 0 Å². The summed E-state index contributed by atoms with van der Waals surface area (Å²) in [6.07, 6.45) is 6.92. The van der Waals surface area contributed by atoms with Crippen molar-refractivity contribution >= 4 is 23.1 Å². The maximum absolute atomic E-state index is 12.2. The van der Waals surface area contributed by atoms with Crippen LogP contribution in [0.3, 0.4) is 0 Å². The van der Waals surface area contributed by atoms with Gasteiger partial charge in [0, 0.05) is 43.4 Å². The molecular formula is C22H23N9O. The summed E-state index contributed by atoms with van der Waals surface area (Å²) in [7, 11) is 0. The lowest BCUT2D eigenvalue weighted by atomic mass is 10.0. The van der Waals surface area contributed by atoms with Gasteiger partial charge in [-0.2, -0.15) is 5.21 Å². The molecule has 4 aromatic rings. The minimum atomic E-state index is -0.288. The van der Waals surface area contributed by atoms with Gasteiger partial charge in [0.1, 0.15) is 24.1 Å². The quantitative estimate of drug-likeness (QED) is 0.462. The Hall–Kier alpha value is -3.66. The average molecular weight is 429 g/mol. The summed E-state index contributed by atoms with van der Waals surface area (Å²) >= 11 is 0. The summed E-state index contributed by atoms with van der Waals surface area (Å²) < 4.78 is 0. The second-order valence-electron chi connectivity index (χ2n) is 8.77. The van der Waals surface area contributed by atoms with Gasteiger partial charge in [-0.15, -0.1) is 10.2 Å². The summed E-state index contributed by atoms with van der Waals surface area (Å²) in [5.74, 6) is 1.51. The molecule has 0 radical (unpaired) electrons. The molecule has 2 aliphatic rings. The van der Waals surface area contributed by atoms with Crippen LogP contribution in [0.25, 0.3) is 22.4 Å². The van der Waals surface area contributed by atoms with Crippen molar-refractivity contribution in [1.82, 2.24) is 40.5 Å². The average Bonchev–Trinajstić information content (AvgIpc) is 3.20. The molecule has 10 nitrogen and oxygen atoms in total. The maximum Gasteiger partial charge on any atom is 0.204 e. The lowest BCUT2D eigenvalue weighted by Crippen LogP contribution is -2.35. The molecule has 0 bridgehead atoms. The van der Waals surface area contributed by atoms with Gasteiger partial charge in [0.2, 0.25) is 5.82 Å². The van der Waals surface area contributed by atoms with Crippen molar-refractivity contribution in [3.05, 3.63) is 48.4 Å². The number of aromatic amines is 2. The van der Waals surface area contributed by atoms with Crippen LogP contribution in [0.1, 0.15) is 24.4 Å². The summed E-state index contributed by atoms with van der Waals surface area (Å²) in [5.41, 5.74) is 2.91. The Morgan fingerprint density at radius 1 is 1.06 bits per heavy atom. The van der Waals surface area contributed by atoms with E-state index in [-0.39, 0.29) is 11.5 Å². The molecular weight excluding hydrogens is 406 g/mol. The van der Waals surface area contributed by atoms with Crippen LogP contribution in [0.4, 0.5) is 5.82 Å². The molecule has 1 aliphatic carbocycles. The van der Waals surface area contributed by atoms with Crippen LogP contribution in [-0.2, 0) is 4.79 Å². The summed E-state index contributed by atoms with van der Waals surface area (Å²) in [5, 5.41) is 15.2. The lowest BCUT2D eigenvalue weighted by Gasteiger charge is -2.29. The standard InChI is InChI=1S/C22H23N9O/c32-11-18(15-1-3-16(4-2-15)19-26-28-29-27-19)30-9-10-31(13-22(12-30)6-7-22)21-17-5-8-23-20(17)24-14-25-21/h1-5,8,11,14,18H,6-7,9-10,12-13H2,(H,23,24,25)(H,26,27,28,29). The van der Waals surface area contributed by atoms with E-state index in [2.05, 4.69) is 45.4 Å². The highest BCUT2D eigenvalue weighted by Gasteiger charge is 2.48. The van der Waals surface area contributed by atoms with Crippen molar-refractivity contribution < 1.29 is 4.79 Å². The predicted molar refractivity (Wildman–Crippen MR) is 118 cm³/mol. The third-order valence-corrected chi connectivity index (χ3v) is 6.69. The number of hydrogen-bond donors (Lipinski definition) is 2. The van der Waals surface area contributed by atoms with E-state index in [4.69, 9.17) is 0 Å². The number of anilines is 1. The Morgan fingerprint density at radius 2 is 1.94 bits per heavy atom. The fourth-order valence-electron chi connectivity index (χ4n) is 4.80. The number of nitrogens with zero attached hydrogens (tertiary/aromatic N) is 7. The van der Waals surface area contributed by atoms with Gasteiger partial charge in [-0.1, -0.05) is 24.3 Å². The number of carbonyl (C=O) groups is 1. The van der Waals surface area contributed by atoms with Crippen molar-refractivity contribution in [2.45, 2.75) is 18.9 Å². The van der Waals surface area contributed by atoms with Crippen molar-refractivity contribution in [2.75, 3.05) is 31.1 Å². The van der Waals surface area contributed by atoms with Crippen LogP contribution in [0.15, 0.2) is 42.9 Å². The predicted octanol–water partition coefficient (Wildman–Crippen LogP) is 1.98. The fraction of sp³-hybridized carbons (Fsp3) is 0.364. The summed E-state index contributed by atoms with van der Waals surface area (Å²) in [6, 6.07) is 9.60. The van der Waals surface area contributed by atoms with Crippen LogP contribution in [-0.4, -0.2) is 72.9 Å². The van der Waals surface area contributed by atoms with E-state index in [0.29, 0.717) is 5.82 Å². The minimum absolute atomic E-state index is 0.204. The van der Waals surface area contributed by atoms with E-state index < -0.39 is 0 Å². The fourth-order valence-corrected chi connectivity index (χ4v) is 4.80. The van der Waals surface area contributed by atoms with Crippen LogP contribution in [0, 0.1) is 5.41 Å². The van der Waals surface area contributed by atoms with E-state index in [9.17, 15) is 4.79 Å². The third kappa shape index (κ3) is 3.32. The molecule has 162 valence electrons. The molecule has 1 saturated heterocycles. The third-order valence-electron chi connectivity index (χ3n) is 6.69. The van der Waals surface area contributed by atoms with Gasteiger partial charge >= 0.3 is 0 Å². The van der Waals surface area contributed by atoms with Crippen LogP contribution < -0.4 is 4.90 Å². The zero-order chi connectivity index (χ0) is 21.5. The first-order valence-electron chi connectivity index (χ1n) is 10.8. The van der Waals surface area contributed by atoms with Gasteiger partial charge < -0.3 is 14.7 Å². The zero-order valence-electron chi connectivity index (χ0n) is 17.5. The molecule has 1 saturated carbocycles. The van der Waals surface area contributed by atoms with Gasteiger partial charge in [-0.05, 0) is 29.7 Å². The highest BCUT2D eigenvalue weighted by atomic mass is 16.1. The second kappa shape index (κ2) is 7.49. The van der Waals surface area contributed by atoms with Crippen LogP contribution in [0.2, 0.25) is 0 Å². The smallest absolute Gasteiger partial charge is 0.204 e. The normalized spacial score (nSPS) is 19.2. The Kier molecular flexibility index (Phi) is 4.46. The first-order chi connectivity index (χ1) is 15.7. The molecule has 2 N–H and O–H groups in total. The minimum Gasteiger partial charge on any atom is -0.354 e. The van der Waals surface area contributed by atoms with Gasteiger partial charge in [-0.3, -0.25) is 4.90 Å². The highest BCUT2D eigenvalue weighted by Crippen LogP contribution is 2.49. The van der Waals surface area contributed by atoms with E-state index in [0.717, 1.165) is 60.4 Å². The number of tetrazole rings is 1. The largest absolute Gasteiger partial charge is 0.354 e. The van der Waals surface area contributed by atoms with Gasteiger partial charge in [0.25, 0.3) is 0 Å². The Balaban J connectivity index is 1.26. The monoisotopic (exact) mass is 429 g/mol. The Morgan fingerprint density at radius 3 is 2.69 bits per heavy atom. The van der Waals surface area contributed by atoms with Gasteiger partial charge in [0.05, 0.1) is 11.4 Å². The van der Waals surface area contributed by atoms with E-state index in [1.165, 1.54) is 12.8 Å². The molecule has 1 aromatic carbocycles. The molecule has 3 aromatic heterocycles. The first kappa shape index (κ1) is 19.1. The maximum atomic E-state index is 12.2. The Bertz CT molecular complexity index is 1230. The number of nitrogens with one attached hydrogen (secondary N) is 2. The van der Waals surface area contributed by atoms with Gasteiger partial charge in [-0.25, -0.2) is 9.97 Å². The molecule has 1 aliphatic heterocycles. The van der Waals surface area contributed by atoms with E-state index >= 15 is 0 Å². The van der Waals surface area contributed by atoms with Crippen molar-refractivity contribution in [2.24, 2.45) is 5.41 Å². The van der Waals surface area contributed by atoms with Gasteiger partial charge in [0.15, 0.2) is 0 Å². The van der Waals surface area contributed by atoms with Crippen molar-refractivity contribution in [3.8, 4) is 11.4 Å². The number of carbonyl (C=O) groups excluding carboxylic acids is 1. The molecule has 1 atom stereocenters. The topological polar surface area (TPSA) is 120 Å². The molecule has 1 spiro atoms. The molecule has 32 heavy (non-hydrogen) atoms. The number of fused-ring (bicyclic) bond motifs is 1. The summed E-state index contributed by atoms with van der Waals surface area (Å²) in [4.78, 5) is 29.0. The SMILES string of the molecule is O=CC(c1ccc(-c2nn[nH]n2)cc1)N1CCN(c2ncnc3[nH]ccc23)CC2(CC2)C1. The number of rotatable bonds is 5. The molecule has 4 heterocycles. The number of hydrogen-bond acceptors (Lipinski definition) is 8.